The number of methoxy groups -OCH3 is 1. The summed E-state index contributed by atoms with van der Waals surface area (Å²) in [6, 6.07) is 0. The summed E-state index contributed by atoms with van der Waals surface area (Å²) in [6.45, 7) is 5.70. The number of aliphatic carboxylic acids is 2. The third-order valence-electron chi connectivity index (χ3n) is 2.00. The van der Waals surface area contributed by atoms with Crippen LogP contribution in [0.15, 0.2) is 0 Å². The topological polar surface area (TPSA) is 102 Å². The molecule has 0 aliphatic rings. The molecule has 120 valence electrons. The molecule has 0 aliphatic carbocycles. The second-order valence-corrected chi connectivity index (χ2v) is 3.86. The van der Waals surface area contributed by atoms with Crippen molar-refractivity contribution in [3.05, 3.63) is 0 Å². The molecule has 0 fully saturated rings. The number of unbranched alkanes of at least 4 members (excludes halogenated alkanes) is 1. The third kappa shape index (κ3) is 25.6. The first-order valence-corrected chi connectivity index (χ1v) is 6.62. The Bertz CT molecular complexity index is 207. The zero-order valence-corrected chi connectivity index (χ0v) is 12.3. The second kappa shape index (κ2) is 17.8. The van der Waals surface area contributed by atoms with E-state index in [1.54, 1.807) is 7.11 Å². The molecular weight excluding hydrogens is 268 g/mol. The Morgan fingerprint density at radius 3 is 1.70 bits per heavy atom. The summed E-state index contributed by atoms with van der Waals surface area (Å²) >= 11 is 0. The van der Waals surface area contributed by atoms with Gasteiger partial charge in [-0.25, -0.2) is 0 Å². The molecule has 0 saturated heterocycles. The van der Waals surface area contributed by atoms with Crippen molar-refractivity contribution in [3.8, 4) is 0 Å². The van der Waals surface area contributed by atoms with Crippen molar-refractivity contribution in [2.24, 2.45) is 0 Å². The van der Waals surface area contributed by atoms with E-state index in [1.807, 2.05) is 0 Å². The van der Waals surface area contributed by atoms with E-state index in [2.05, 4.69) is 6.92 Å². The average molecular weight is 294 g/mol. The lowest BCUT2D eigenvalue weighted by Gasteiger charge is -2.04. The van der Waals surface area contributed by atoms with Crippen molar-refractivity contribution < 1.29 is 34.0 Å². The largest absolute Gasteiger partial charge is 0.481 e. The Morgan fingerprint density at radius 1 is 0.850 bits per heavy atom. The molecule has 0 saturated carbocycles. The van der Waals surface area contributed by atoms with Crippen LogP contribution >= 0.6 is 0 Å². The predicted molar refractivity (Wildman–Crippen MR) is 72.9 cm³/mol. The molecule has 0 aliphatic heterocycles. The van der Waals surface area contributed by atoms with Crippen molar-refractivity contribution in [1.82, 2.24) is 0 Å². The molecule has 0 amide bonds. The van der Waals surface area contributed by atoms with Gasteiger partial charge in [0.25, 0.3) is 0 Å². The molecule has 0 radical (unpaired) electrons. The highest BCUT2D eigenvalue weighted by molar-refractivity contribution is 5.75. The summed E-state index contributed by atoms with van der Waals surface area (Å²) < 4.78 is 15.3. The molecule has 0 unspecified atom stereocenters. The van der Waals surface area contributed by atoms with Crippen LogP contribution in [0.3, 0.4) is 0 Å². The maximum absolute atomic E-state index is 9.64. The summed E-state index contributed by atoms with van der Waals surface area (Å²) in [5.74, 6) is -2.15. The fraction of sp³-hybridized carbons (Fsp3) is 0.846. The normalized spacial score (nSPS) is 9.70. The van der Waals surface area contributed by atoms with E-state index < -0.39 is 11.9 Å². The first-order chi connectivity index (χ1) is 9.54. The SMILES string of the molecule is CCCCOCCOCCOC.O=C(O)CCC(=O)O. The first kappa shape index (κ1) is 21.1. The van der Waals surface area contributed by atoms with Crippen LogP contribution in [0.25, 0.3) is 0 Å². The van der Waals surface area contributed by atoms with E-state index in [-0.39, 0.29) is 12.8 Å². The Balaban J connectivity index is 0. The van der Waals surface area contributed by atoms with Gasteiger partial charge in [-0.05, 0) is 6.42 Å². The van der Waals surface area contributed by atoms with Gasteiger partial charge in [0.1, 0.15) is 0 Å². The van der Waals surface area contributed by atoms with Gasteiger partial charge in [-0.1, -0.05) is 13.3 Å². The van der Waals surface area contributed by atoms with Crippen molar-refractivity contribution in [2.75, 3.05) is 40.1 Å². The Kier molecular flexibility index (Phi) is 18.8. The van der Waals surface area contributed by atoms with Crippen molar-refractivity contribution in [1.29, 1.82) is 0 Å². The molecule has 0 rings (SSSR count). The molecule has 7 heteroatoms. The van der Waals surface area contributed by atoms with Crippen LogP contribution in [0.2, 0.25) is 0 Å². The number of hydrogen-bond donors (Lipinski definition) is 2. The lowest BCUT2D eigenvalue weighted by Crippen LogP contribution is -2.08. The molecule has 0 spiro atoms. The van der Waals surface area contributed by atoms with E-state index in [0.717, 1.165) is 13.0 Å². The fourth-order valence-corrected chi connectivity index (χ4v) is 0.924. The summed E-state index contributed by atoms with van der Waals surface area (Å²) in [7, 11) is 1.67. The minimum Gasteiger partial charge on any atom is -0.481 e. The smallest absolute Gasteiger partial charge is 0.303 e. The van der Waals surface area contributed by atoms with Crippen LogP contribution in [0, 0.1) is 0 Å². The van der Waals surface area contributed by atoms with Gasteiger partial charge in [0.05, 0.1) is 39.3 Å². The van der Waals surface area contributed by atoms with Gasteiger partial charge in [-0.3, -0.25) is 9.59 Å². The minimum absolute atomic E-state index is 0.296. The zero-order valence-electron chi connectivity index (χ0n) is 12.3. The van der Waals surface area contributed by atoms with Gasteiger partial charge in [0, 0.05) is 13.7 Å². The van der Waals surface area contributed by atoms with E-state index in [9.17, 15) is 9.59 Å². The number of carboxylic acid groups (broad SMARTS) is 2. The lowest BCUT2D eigenvalue weighted by molar-refractivity contribution is -0.143. The highest BCUT2D eigenvalue weighted by atomic mass is 16.5. The molecule has 0 aromatic rings. The highest BCUT2D eigenvalue weighted by Crippen LogP contribution is 1.87. The molecular formula is C13H26O7. The minimum atomic E-state index is -1.08. The maximum atomic E-state index is 9.64. The molecule has 0 heterocycles. The van der Waals surface area contributed by atoms with Crippen LogP contribution in [0.5, 0.6) is 0 Å². The molecule has 7 nitrogen and oxygen atoms in total. The van der Waals surface area contributed by atoms with Crippen molar-refractivity contribution in [2.45, 2.75) is 32.6 Å². The van der Waals surface area contributed by atoms with Gasteiger partial charge in [-0.15, -0.1) is 0 Å². The van der Waals surface area contributed by atoms with Crippen molar-refractivity contribution in [3.63, 3.8) is 0 Å². The summed E-state index contributed by atoms with van der Waals surface area (Å²) in [5.41, 5.74) is 0. The number of hydrogen-bond acceptors (Lipinski definition) is 5. The second-order valence-electron chi connectivity index (χ2n) is 3.86. The van der Waals surface area contributed by atoms with Gasteiger partial charge in [-0.2, -0.15) is 0 Å². The van der Waals surface area contributed by atoms with Gasteiger partial charge in [0.2, 0.25) is 0 Å². The van der Waals surface area contributed by atoms with E-state index >= 15 is 0 Å². The van der Waals surface area contributed by atoms with Crippen molar-refractivity contribution >= 4 is 11.9 Å². The highest BCUT2D eigenvalue weighted by Gasteiger charge is 2.00. The lowest BCUT2D eigenvalue weighted by atomic mass is 10.3. The number of carbonyl (C=O) groups is 2. The molecule has 0 atom stereocenters. The zero-order chi connectivity index (χ0) is 15.6. The van der Waals surface area contributed by atoms with Crippen LogP contribution in [-0.2, 0) is 23.8 Å². The summed E-state index contributed by atoms with van der Waals surface area (Å²) in [5, 5.41) is 15.8. The standard InChI is InChI=1S/C9H20O3.C4H6O4/c1-3-4-5-11-8-9-12-7-6-10-2;5-3(6)1-2-4(7)8/h3-9H2,1-2H3;1-2H2,(H,5,6)(H,7,8). The fourth-order valence-electron chi connectivity index (χ4n) is 0.924. The number of ether oxygens (including phenoxy) is 3. The Morgan fingerprint density at radius 2 is 1.30 bits per heavy atom. The monoisotopic (exact) mass is 294 g/mol. The third-order valence-corrected chi connectivity index (χ3v) is 2.00. The van der Waals surface area contributed by atoms with E-state index in [0.29, 0.717) is 26.4 Å². The van der Waals surface area contributed by atoms with Gasteiger partial charge in [0.15, 0.2) is 0 Å². The molecule has 20 heavy (non-hydrogen) atoms. The van der Waals surface area contributed by atoms with Gasteiger partial charge < -0.3 is 24.4 Å². The van der Waals surface area contributed by atoms with E-state index in [4.69, 9.17) is 24.4 Å². The summed E-state index contributed by atoms with van der Waals surface area (Å²) in [6.07, 6.45) is 1.73. The number of carboxylic acids is 2. The number of rotatable bonds is 12. The predicted octanol–water partition coefficient (Wildman–Crippen LogP) is 1.40. The first-order valence-electron chi connectivity index (χ1n) is 6.62. The van der Waals surface area contributed by atoms with Crippen LogP contribution in [0.4, 0.5) is 0 Å². The molecule has 0 aromatic heterocycles. The molecule has 0 bridgehead atoms. The quantitative estimate of drug-likeness (QED) is 0.524. The van der Waals surface area contributed by atoms with Crippen LogP contribution in [0.1, 0.15) is 32.6 Å². The van der Waals surface area contributed by atoms with Gasteiger partial charge >= 0.3 is 11.9 Å². The Hall–Kier alpha value is -1.18. The molecule has 2 N–H and O–H groups in total. The maximum Gasteiger partial charge on any atom is 0.303 e. The van der Waals surface area contributed by atoms with Crippen LogP contribution < -0.4 is 0 Å². The Labute approximate surface area is 119 Å². The van der Waals surface area contributed by atoms with Crippen LogP contribution in [-0.4, -0.2) is 62.3 Å². The average Bonchev–Trinajstić information content (AvgIpc) is 2.40. The van der Waals surface area contributed by atoms with E-state index in [1.165, 1.54) is 6.42 Å². The molecule has 0 aromatic carbocycles. The summed E-state index contributed by atoms with van der Waals surface area (Å²) in [4.78, 5) is 19.3.